The van der Waals surface area contributed by atoms with Crippen LogP contribution in [0.4, 0.5) is 0 Å². The Labute approximate surface area is 110 Å². The number of nitrogens with two attached hydrogens (primary N) is 1. The fraction of sp³-hybridized carbons (Fsp3) is 0.571. The number of hydrogen-bond donors (Lipinski definition) is 1. The van der Waals surface area contributed by atoms with Gasteiger partial charge in [0.2, 0.25) is 0 Å². The van der Waals surface area contributed by atoms with E-state index < -0.39 is 9.84 Å². The van der Waals surface area contributed by atoms with Crippen LogP contribution in [-0.2, 0) is 9.84 Å². The second kappa shape index (κ2) is 6.90. The van der Waals surface area contributed by atoms with Crippen LogP contribution >= 0.6 is 0 Å². The first kappa shape index (κ1) is 15.2. The monoisotopic (exact) mass is 269 g/mol. The van der Waals surface area contributed by atoms with Gasteiger partial charge in [-0.15, -0.1) is 0 Å². The molecule has 0 aliphatic heterocycles. The van der Waals surface area contributed by atoms with Crippen LogP contribution in [0.1, 0.15) is 38.3 Å². The SMILES string of the molecule is CCCS(=O)(=O)CCC(C)C(N)c1ccccc1. The maximum Gasteiger partial charge on any atom is 0.150 e. The van der Waals surface area contributed by atoms with Gasteiger partial charge in [0.15, 0.2) is 0 Å². The van der Waals surface area contributed by atoms with Crippen molar-refractivity contribution in [3.8, 4) is 0 Å². The predicted molar refractivity (Wildman–Crippen MR) is 76.1 cm³/mol. The van der Waals surface area contributed by atoms with E-state index in [1.54, 1.807) is 0 Å². The third-order valence-corrected chi connectivity index (χ3v) is 5.08. The first-order valence-electron chi connectivity index (χ1n) is 6.47. The minimum atomic E-state index is -2.90. The third-order valence-electron chi connectivity index (χ3n) is 3.20. The van der Waals surface area contributed by atoms with Crippen molar-refractivity contribution in [2.45, 2.75) is 32.7 Å². The van der Waals surface area contributed by atoms with Crippen LogP contribution in [0.2, 0.25) is 0 Å². The lowest BCUT2D eigenvalue weighted by Crippen LogP contribution is -2.22. The highest BCUT2D eigenvalue weighted by atomic mass is 32.2. The minimum Gasteiger partial charge on any atom is -0.324 e. The highest BCUT2D eigenvalue weighted by Gasteiger charge is 2.18. The maximum absolute atomic E-state index is 11.7. The highest BCUT2D eigenvalue weighted by Crippen LogP contribution is 2.22. The van der Waals surface area contributed by atoms with Gasteiger partial charge >= 0.3 is 0 Å². The second-order valence-electron chi connectivity index (χ2n) is 4.85. The molecule has 1 aromatic carbocycles. The van der Waals surface area contributed by atoms with Crippen LogP contribution in [0.15, 0.2) is 30.3 Å². The van der Waals surface area contributed by atoms with Crippen molar-refractivity contribution in [2.24, 2.45) is 11.7 Å². The Bertz CT molecular complexity index is 442. The summed E-state index contributed by atoms with van der Waals surface area (Å²) in [7, 11) is -2.90. The third kappa shape index (κ3) is 4.78. The molecule has 0 radical (unpaired) electrons. The van der Waals surface area contributed by atoms with Gasteiger partial charge in [0.1, 0.15) is 9.84 Å². The van der Waals surface area contributed by atoms with Gasteiger partial charge in [-0.25, -0.2) is 8.42 Å². The summed E-state index contributed by atoms with van der Waals surface area (Å²) in [6.45, 7) is 3.90. The Morgan fingerprint density at radius 3 is 2.33 bits per heavy atom. The Morgan fingerprint density at radius 2 is 1.78 bits per heavy atom. The zero-order valence-electron chi connectivity index (χ0n) is 11.2. The molecule has 102 valence electrons. The molecule has 2 unspecified atom stereocenters. The zero-order valence-corrected chi connectivity index (χ0v) is 12.0. The lowest BCUT2D eigenvalue weighted by Gasteiger charge is -2.20. The van der Waals surface area contributed by atoms with Crippen molar-refractivity contribution in [2.75, 3.05) is 11.5 Å². The van der Waals surface area contributed by atoms with Crippen molar-refractivity contribution >= 4 is 9.84 Å². The Morgan fingerprint density at radius 1 is 1.17 bits per heavy atom. The Kier molecular flexibility index (Phi) is 5.82. The molecule has 3 nitrogen and oxygen atoms in total. The van der Waals surface area contributed by atoms with Gasteiger partial charge in [0, 0.05) is 11.8 Å². The van der Waals surface area contributed by atoms with Gasteiger partial charge in [0.25, 0.3) is 0 Å². The Balaban J connectivity index is 2.54. The van der Waals surface area contributed by atoms with Crippen LogP contribution in [0.5, 0.6) is 0 Å². The second-order valence-corrected chi connectivity index (χ2v) is 7.16. The van der Waals surface area contributed by atoms with Gasteiger partial charge in [0.05, 0.1) is 5.75 Å². The number of benzene rings is 1. The molecule has 0 amide bonds. The van der Waals surface area contributed by atoms with Crippen LogP contribution in [-0.4, -0.2) is 19.9 Å². The fourth-order valence-electron chi connectivity index (χ4n) is 1.96. The molecule has 0 bridgehead atoms. The van der Waals surface area contributed by atoms with Crippen molar-refractivity contribution in [1.29, 1.82) is 0 Å². The molecule has 2 atom stereocenters. The standard InChI is InChI=1S/C14H23NO2S/c1-3-10-18(16,17)11-9-12(2)14(15)13-7-5-4-6-8-13/h4-8,12,14H,3,9-11,15H2,1-2H3. The summed E-state index contributed by atoms with van der Waals surface area (Å²) < 4.78 is 23.3. The van der Waals surface area contributed by atoms with E-state index in [0.29, 0.717) is 12.8 Å². The largest absolute Gasteiger partial charge is 0.324 e. The van der Waals surface area contributed by atoms with E-state index in [4.69, 9.17) is 5.73 Å². The summed E-state index contributed by atoms with van der Waals surface area (Å²) in [4.78, 5) is 0. The van der Waals surface area contributed by atoms with E-state index in [1.165, 1.54) is 0 Å². The number of sulfone groups is 1. The number of rotatable bonds is 7. The summed E-state index contributed by atoms with van der Waals surface area (Å²) in [6.07, 6.45) is 1.31. The van der Waals surface area contributed by atoms with E-state index in [2.05, 4.69) is 0 Å². The molecule has 0 fully saturated rings. The van der Waals surface area contributed by atoms with E-state index in [0.717, 1.165) is 5.56 Å². The van der Waals surface area contributed by atoms with Crippen LogP contribution in [0.25, 0.3) is 0 Å². The Hall–Kier alpha value is -0.870. The first-order valence-corrected chi connectivity index (χ1v) is 8.29. The smallest absolute Gasteiger partial charge is 0.150 e. The molecule has 0 saturated carbocycles. The normalized spacial score (nSPS) is 15.3. The van der Waals surface area contributed by atoms with Crippen molar-refractivity contribution in [3.63, 3.8) is 0 Å². The zero-order chi connectivity index (χ0) is 13.6. The van der Waals surface area contributed by atoms with E-state index in [1.807, 2.05) is 44.2 Å². The topological polar surface area (TPSA) is 60.2 Å². The summed E-state index contributed by atoms with van der Waals surface area (Å²) >= 11 is 0. The van der Waals surface area contributed by atoms with E-state index >= 15 is 0 Å². The number of hydrogen-bond acceptors (Lipinski definition) is 3. The average Bonchev–Trinajstić information content (AvgIpc) is 2.36. The molecule has 4 heteroatoms. The summed E-state index contributed by atoms with van der Waals surface area (Å²) in [5, 5.41) is 0. The average molecular weight is 269 g/mol. The van der Waals surface area contributed by atoms with Crippen LogP contribution < -0.4 is 5.73 Å². The molecule has 0 aliphatic rings. The van der Waals surface area contributed by atoms with Crippen LogP contribution in [0, 0.1) is 5.92 Å². The molecule has 0 heterocycles. The van der Waals surface area contributed by atoms with Gasteiger partial charge in [-0.1, -0.05) is 44.2 Å². The minimum absolute atomic E-state index is 0.0944. The molecular weight excluding hydrogens is 246 g/mol. The lowest BCUT2D eigenvalue weighted by atomic mass is 9.93. The van der Waals surface area contributed by atoms with Gasteiger partial charge in [-0.2, -0.15) is 0 Å². The molecule has 0 saturated heterocycles. The molecule has 0 aliphatic carbocycles. The predicted octanol–water partition coefficient (Wildman–Crippen LogP) is 2.54. The van der Waals surface area contributed by atoms with Crippen molar-refractivity contribution in [1.82, 2.24) is 0 Å². The highest BCUT2D eigenvalue weighted by molar-refractivity contribution is 7.91. The van der Waals surface area contributed by atoms with Gasteiger partial charge in [-0.05, 0) is 24.3 Å². The molecule has 2 N–H and O–H groups in total. The maximum atomic E-state index is 11.7. The molecule has 0 aromatic heterocycles. The van der Waals surface area contributed by atoms with E-state index in [9.17, 15) is 8.42 Å². The first-order chi connectivity index (χ1) is 8.46. The molecular formula is C14H23NO2S. The van der Waals surface area contributed by atoms with Gasteiger partial charge < -0.3 is 5.73 Å². The van der Waals surface area contributed by atoms with Gasteiger partial charge in [-0.3, -0.25) is 0 Å². The van der Waals surface area contributed by atoms with Crippen molar-refractivity contribution in [3.05, 3.63) is 35.9 Å². The molecule has 0 spiro atoms. The molecule has 1 rings (SSSR count). The fourth-order valence-corrected chi connectivity index (χ4v) is 3.52. The van der Waals surface area contributed by atoms with Crippen molar-refractivity contribution < 1.29 is 8.42 Å². The quantitative estimate of drug-likeness (QED) is 0.827. The summed E-state index contributed by atoms with van der Waals surface area (Å²) in [5.74, 6) is 0.682. The summed E-state index contributed by atoms with van der Waals surface area (Å²) in [5.41, 5.74) is 7.21. The lowest BCUT2D eigenvalue weighted by molar-refractivity contribution is 0.455. The molecule has 1 aromatic rings. The molecule has 18 heavy (non-hydrogen) atoms. The summed E-state index contributed by atoms with van der Waals surface area (Å²) in [6, 6.07) is 9.74. The van der Waals surface area contributed by atoms with Crippen LogP contribution in [0.3, 0.4) is 0 Å². The van der Waals surface area contributed by atoms with E-state index in [-0.39, 0.29) is 23.5 Å².